The number of aliphatic hydroxyl groups is 1. The van der Waals surface area contributed by atoms with Gasteiger partial charge in [0.25, 0.3) is 5.91 Å². The van der Waals surface area contributed by atoms with Crippen LogP contribution in [0.4, 0.5) is 5.69 Å². The molecule has 0 saturated carbocycles. The molecule has 0 unspecified atom stereocenters. The summed E-state index contributed by atoms with van der Waals surface area (Å²) < 4.78 is 6.51. The van der Waals surface area contributed by atoms with Crippen molar-refractivity contribution in [2.75, 3.05) is 12.4 Å². The van der Waals surface area contributed by atoms with Crippen LogP contribution in [0, 0.1) is 0 Å². The zero-order chi connectivity index (χ0) is 18.5. The molecule has 1 atom stereocenters. The van der Waals surface area contributed by atoms with Gasteiger partial charge in [-0.15, -0.1) is 5.10 Å². The lowest BCUT2D eigenvalue weighted by atomic mass is 10.1. The van der Waals surface area contributed by atoms with E-state index in [2.05, 4.69) is 15.4 Å². The number of hydrogen-bond acceptors (Lipinski definition) is 5. The Balaban J connectivity index is 1.63. The predicted molar refractivity (Wildman–Crippen MR) is 97.4 cm³/mol. The molecule has 1 amide bonds. The average molecular weight is 373 g/mol. The maximum Gasteiger partial charge on any atom is 0.295 e. The fraction of sp³-hybridized carbons (Fsp3) is 0.167. The number of anilines is 1. The van der Waals surface area contributed by atoms with Gasteiger partial charge >= 0.3 is 0 Å². The lowest BCUT2D eigenvalue weighted by Gasteiger charge is -2.11. The molecule has 2 aromatic carbocycles. The van der Waals surface area contributed by atoms with E-state index in [1.807, 2.05) is 0 Å². The van der Waals surface area contributed by atoms with Crippen molar-refractivity contribution in [3.8, 4) is 5.75 Å². The highest BCUT2D eigenvalue weighted by Gasteiger charge is 2.14. The number of benzene rings is 2. The lowest BCUT2D eigenvalue weighted by molar-refractivity contribution is 0.101. The van der Waals surface area contributed by atoms with Crippen LogP contribution in [0.25, 0.3) is 0 Å². The standard InChI is InChI=1S/C18H17ClN4O3/c1-26-15-8-2-12(3-9-15)16(24)10-23-11-20-17(22-23)18(25)21-14-6-4-13(19)5-7-14/h2-9,11,16,24H,10H2,1H3,(H,21,25)/t16-/m0/s1. The van der Waals surface area contributed by atoms with Gasteiger partial charge in [0.05, 0.1) is 19.8 Å². The first kappa shape index (κ1) is 17.9. The molecule has 7 nitrogen and oxygen atoms in total. The zero-order valence-electron chi connectivity index (χ0n) is 14.0. The van der Waals surface area contributed by atoms with Crippen molar-refractivity contribution >= 4 is 23.2 Å². The number of nitrogens with one attached hydrogen (secondary N) is 1. The van der Waals surface area contributed by atoms with Crippen LogP contribution in [0.15, 0.2) is 54.9 Å². The molecule has 8 heteroatoms. The Bertz CT molecular complexity index is 878. The second-order valence-electron chi connectivity index (χ2n) is 5.54. The Kier molecular flexibility index (Phi) is 5.50. The van der Waals surface area contributed by atoms with E-state index in [1.165, 1.54) is 11.0 Å². The van der Waals surface area contributed by atoms with Gasteiger partial charge < -0.3 is 15.2 Å². The highest BCUT2D eigenvalue weighted by atomic mass is 35.5. The number of ether oxygens (including phenoxy) is 1. The van der Waals surface area contributed by atoms with Crippen LogP contribution in [-0.4, -0.2) is 32.9 Å². The van der Waals surface area contributed by atoms with E-state index in [9.17, 15) is 9.90 Å². The van der Waals surface area contributed by atoms with Crippen LogP contribution in [0.2, 0.25) is 5.02 Å². The third-order valence-corrected chi connectivity index (χ3v) is 3.95. The molecule has 0 bridgehead atoms. The summed E-state index contributed by atoms with van der Waals surface area (Å²) in [6.45, 7) is 0.174. The summed E-state index contributed by atoms with van der Waals surface area (Å²) in [5.41, 5.74) is 1.31. The average Bonchev–Trinajstić information content (AvgIpc) is 3.12. The van der Waals surface area contributed by atoms with Gasteiger partial charge in [-0.05, 0) is 42.0 Å². The molecule has 0 saturated heterocycles. The molecule has 0 fully saturated rings. The highest BCUT2D eigenvalue weighted by molar-refractivity contribution is 6.30. The Morgan fingerprint density at radius 2 is 1.92 bits per heavy atom. The molecule has 0 aliphatic carbocycles. The summed E-state index contributed by atoms with van der Waals surface area (Å²) in [5, 5.41) is 17.7. The van der Waals surface area contributed by atoms with E-state index in [0.29, 0.717) is 22.0 Å². The summed E-state index contributed by atoms with van der Waals surface area (Å²) >= 11 is 5.81. The second-order valence-corrected chi connectivity index (χ2v) is 5.98. The van der Waals surface area contributed by atoms with Crippen LogP contribution in [0.3, 0.4) is 0 Å². The van der Waals surface area contributed by atoms with E-state index in [0.717, 1.165) is 0 Å². The molecule has 1 heterocycles. The number of methoxy groups -OCH3 is 1. The molecule has 3 rings (SSSR count). The molecule has 1 aromatic heterocycles. The summed E-state index contributed by atoms with van der Waals surface area (Å²) in [5.74, 6) is 0.287. The quantitative estimate of drug-likeness (QED) is 0.694. The normalized spacial score (nSPS) is 11.8. The Hall–Kier alpha value is -2.90. The van der Waals surface area contributed by atoms with Crippen molar-refractivity contribution in [1.29, 1.82) is 0 Å². The van der Waals surface area contributed by atoms with Gasteiger partial charge in [-0.2, -0.15) is 0 Å². The van der Waals surface area contributed by atoms with Gasteiger partial charge in [-0.3, -0.25) is 4.79 Å². The van der Waals surface area contributed by atoms with Crippen molar-refractivity contribution in [3.63, 3.8) is 0 Å². The second kappa shape index (κ2) is 7.99. The summed E-state index contributed by atoms with van der Waals surface area (Å²) in [4.78, 5) is 16.2. The first-order valence-electron chi connectivity index (χ1n) is 7.83. The monoisotopic (exact) mass is 372 g/mol. The number of rotatable bonds is 6. The lowest BCUT2D eigenvalue weighted by Crippen LogP contribution is -2.15. The van der Waals surface area contributed by atoms with Gasteiger partial charge in [0.1, 0.15) is 12.1 Å². The van der Waals surface area contributed by atoms with Gasteiger partial charge in [0, 0.05) is 10.7 Å². The van der Waals surface area contributed by atoms with Crippen molar-refractivity contribution in [3.05, 3.63) is 71.3 Å². The smallest absolute Gasteiger partial charge is 0.295 e. The Labute approximate surface area is 155 Å². The van der Waals surface area contributed by atoms with E-state index >= 15 is 0 Å². The summed E-state index contributed by atoms with van der Waals surface area (Å²) in [6.07, 6.45) is 0.624. The third-order valence-electron chi connectivity index (χ3n) is 3.70. The minimum absolute atomic E-state index is 0.0156. The molecular formula is C18H17ClN4O3. The Morgan fingerprint density at radius 3 is 2.58 bits per heavy atom. The fourth-order valence-corrected chi connectivity index (χ4v) is 2.44. The third kappa shape index (κ3) is 4.38. The van der Waals surface area contributed by atoms with Gasteiger partial charge in [0.15, 0.2) is 0 Å². The molecule has 0 spiro atoms. The largest absolute Gasteiger partial charge is 0.497 e. The maximum atomic E-state index is 12.2. The SMILES string of the molecule is COc1ccc([C@@H](O)Cn2cnc(C(=O)Nc3ccc(Cl)cc3)n2)cc1. The van der Waals surface area contributed by atoms with Crippen LogP contribution in [0.5, 0.6) is 5.75 Å². The molecular weight excluding hydrogens is 356 g/mol. The van der Waals surface area contributed by atoms with Crippen molar-refractivity contribution < 1.29 is 14.6 Å². The number of halogens is 1. The first-order valence-corrected chi connectivity index (χ1v) is 8.21. The van der Waals surface area contributed by atoms with E-state index in [4.69, 9.17) is 16.3 Å². The van der Waals surface area contributed by atoms with Gasteiger partial charge in [-0.1, -0.05) is 23.7 Å². The van der Waals surface area contributed by atoms with E-state index in [1.54, 1.807) is 55.6 Å². The zero-order valence-corrected chi connectivity index (χ0v) is 14.7. The number of aromatic nitrogens is 3. The van der Waals surface area contributed by atoms with Crippen molar-refractivity contribution in [1.82, 2.24) is 14.8 Å². The molecule has 0 radical (unpaired) electrons. The van der Waals surface area contributed by atoms with Gasteiger partial charge in [0.2, 0.25) is 5.82 Å². The van der Waals surface area contributed by atoms with Crippen LogP contribution in [-0.2, 0) is 6.54 Å². The predicted octanol–water partition coefficient (Wildman–Crippen LogP) is 2.93. The molecule has 134 valence electrons. The number of aliphatic hydroxyl groups excluding tert-OH is 1. The molecule has 0 aliphatic rings. The molecule has 0 aliphatic heterocycles. The highest BCUT2D eigenvalue weighted by Crippen LogP contribution is 2.19. The van der Waals surface area contributed by atoms with Crippen LogP contribution in [0.1, 0.15) is 22.3 Å². The topological polar surface area (TPSA) is 89.3 Å². The summed E-state index contributed by atoms with van der Waals surface area (Å²) in [6, 6.07) is 13.8. The first-order chi connectivity index (χ1) is 12.5. The number of nitrogens with zero attached hydrogens (tertiary/aromatic N) is 3. The van der Waals surface area contributed by atoms with Crippen molar-refractivity contribution in [2.24, 2.45) is 0 Å². The number of carbonyl (C=O) groups is 1. The van der Waals surface area contributed by atoms with Gasteiger partial charge in [-0.25, -0.2) is 9.67 Å². The molecule has 3 aromatic rings. The molecule has 26 heavy (non-hydrogen) atoms. The summed E-state index contributed by atoms with van der Waals surface area (Å²) in [7, 11) is 1.58. The van der Waals surface area contributed by atoms with Crippen molar-refractivity contribution in [2.45, 2.75) is 12.6 Å². The number of carbonyl (C=O) groups excluding carboxylic acids is 1. The molecule has 2 N–H and O–H groups in total. The minimum atomic E-state index is -0.783. The number of amides is 1. The fourth-order valence-electron chi connectivity index (χ4n) is 2.32. The van der Waals surface area contributed by atoms with E-state index in [-0.39, 0.29) is 12.4 Å². The maximum absolute atomic E-state index is 12.2. The Morgan fingerprint density at radius 1 is 1.23 bits per heavy atom. The van der Waals surface area contributed by atoms with E-state index < -0.39 is 12.0 Å². The van der Waals surface area contributed by atoms with Crippen LogP contribution >= 0.6 is 11.6 Å². The van der Waals surface area contributed by atoms with Crippen LogP contribution < -0.4 is 10.1 Å². The number of hydrogen-bond donors (Lipinski definition) is 2. The minimum Gasteiger partial charge on any atom is -0.497 e.